The molecule has 0 amide bonds. The Labute approximate surface area is 136 Å². The summed E-state index contributed by atoms with van der Waals surface area (Å²) >= 11 is 1.57. The van der Waals surface area contributed by atoms with E-state index in [1.165, 1.54) is 0 Å². The van der Waals surface area contributed by atoms with Gasteiger partial charge in [0.25, 0.3) is 5.56 Å². The molecule has 0 saturated heterocycles. The highest BCUT2D eigenvalue weighted by molar-refractivity contribution is 7.18. The van der Waals surface area contributed by atoms with Gasteiger partial charge < -0.3 is 9.38 Å². The second-order valence-electron chi connectivity index (χ2n) is 5.81. The van der Waals surface area contributed by atoms with Crippen LogP contribution in [-0.2, 0) is 6.42 Å². The molecule has 0 aliphatic rings. The molecule has 116 valence electrons. The van der Waals surface area contributed by atoms with Gasteiger partial charge >= 0.3 is 0 Å². The molecule has 23 heavy (non-hydrogen) atoms. The Morgan fingerprint density at radius 1 is 1.26 bits per heavy atom. The van der Waals surface area contributed by atoms with E-state index < -0.39 is 0 Å². The SMILES string of the molecule is Cc1sc2nc(Cc3cn4cccc(C)c4n3)[nH]c(=O)c2c1C. The largest absolute Gasteiger partial charge is 0.310 e. The predicted octanol–water partition coefficient (Wildman–Crippen LogP) is 3.15. The number of hydrogen-bond acceptors (Lipinski definition) is 4. The van der Waals surface area contributed by atoms with E-state index in [2.05, 4.69) is 15.0 Å². The summed E-state index contributed by atoms with van der Waals surface area (Å²) in [5.41, 5.74) is 3.92. The zero-order valence-corrected chi connectivity index (χ0v) is 14.0. The van der Waals surface area contributed by atoms with Crippen LogP contribution in [0.3, 0.4) is 0 Å². The zero-order chi connectivity index (χ0) is 16.1. The van der Waals surface area contributed by atoms with Crippen molar-refractivity contribution in [1.82, 2.24) is 19.4 Å². The van der Waals surface area contributed by atoms with Crippen LogP contribution in [0.1, 0.15) is 27.5 Å². The molecule has 0 bridgehead atoms. The lowest BCUT2D eigenvalue weighted by Gasteiger charge is -1.98. The molecular weight excluding hydrogens is 308 g/mol. The average Bonchev–Trinajstić information content (AvgIpc) is 3.02. The van der Waals surface area contributed by atoms with E-state index in [1.54, 1.807) is 11.3 Å². The first-order chi connectivity index (χ1) is 11.0. The van der Waals surface area contributed by atoms with Crippen molar-refractivity contribution in [1.29, 1.82) is 0 Å². The van der Waals surface area contributed by atoms with Gasteiger partial charge in [0.2, 0.25) is 0 Å². The Balaban J connectivity index is 1.80. The number of nitrogens with zero attached hydrogens (tertiary/aromatic N) is 3. The number of hydrogen-bond donors (Lipinski definition) is 1. The fraction of sp³-hybridized carbons (Fsp3) is 0.235. The second kappa shape index (κ2) is 5.03. The number of rotatable bonds is 2. The third-order valence-electron chi connectivity index (χ3n) is 4.16. The Bertz CT molecular complexity index is 1100. The zero-order valence-electron chi connectivity index (χ0n) is 13.2. The molecule has 0 spiro atoms. The Kier molecular flexibility index (Phi) is 3.09. The monoisotopic (exact) mass is 324 g/mol. The summed E-state index contributed by atoms with van der Waals surface area (Å²) in [6.45, 7) is 6.02. The van der Waals surface area contributed by atoms with E-state index in [4.69, 9.17) is 0 Å². The van der Waals surface area contributed by atoms with E-state index in [9.17, 15) is 4.79 Å². The number of H-pyrrole nitrogens is 1. The number of fused-ring (bicyclic) bond motifs is 2. The van der Waals surface area contributed by atoms with Crippen LogP contribution in [0, 0.1) is 20.8 Å². The molecule has 1 N–H and O–H groups in total. The van der Waals surface area contributed by atoms with Crippen molar-refractivity contribution >= 4 is 27.2 Å². The molecule has 0 unspecified atom stereocenters. The van der Waals surface area contributed by atoms with Crippen LogP contribution in [-0.4, -0.2) is 19.4 Å². The van der Waals surface area contributed by atoms with Crippen LogP contribution in [0.15, 0.2) is 29.3 Å². The molecule has 4 rings (SSSR count). The highest BCUT2D eigenvalue weighted by Gasteiger charge is 2.13. The lowest BCUT2D eigenvalue weighted by atomic mass is 10.2. The lowest BCUT2D eigenvalue weighted by molar-refractivity contribution is 0.953. The van der Waals surface area contributed by atoms with Gasteiger partial charge in [0.05, 0.1) is 11.1 Å². The van der Waals surface area contributed by atoms with Gasteiger partial charge in [0.15, 0.2) is 0 Å². The smallest absolute Gasteiger partial charge is 0.259 e. The summed E-state index contributed by atoms with van der Waals surface area (Å²) in [5, 5.41) is 0.710. The van der Waals surface area contributed by atoms with Crippen molar-refractivity contribution in [3.8, 4) is 0 Å². The molecule has 0 aliphatic carbocycles. The van der Waals surface area contributed by atoms with Gasteiger partial charge in [-0.15, -0.1) is 11.3 Å². The maximum atomic E-state index is 12.3. The number of nitrogens with one attached hydrogen (secondary N) is 1. The van der Waals surface area contributed by atoms with Crippen LogP contribution in [0.5, 0.6) is 0 Å². The number of aromatic amines is 1. The minimum Gasteiger partial charge on any atom is -0.310 e. The third kappa shape index (κ3) is 2.26. The first-order valence-corrected chi connectivity index (χ1v) is 8.26. The van der Waals surface area contributed by atoms with Gasteiger partial charge in [-0.3, -0.25) is 4.79 Å². The van der Waals surface area contributed by atoms with Crippen molar-refractivity contribution in [3.63, 3.8) is 0 Å². The Morgan fingerprint density at radius 2 is 2.09 bits per heavy atom. The van der Waals surface area contributed by atoms with Crippen molar-refractivity contribution in [2.24, 2.45) is 0 Å². The van der Waals surface area contributed by atoms with Crippen LogP contribution >= 0.6 is 11.3 Å². The Morgan fingerprint density at radius 3 is 2.87 bits per heavy atom. The molecule has 4 aromatic rings. The fourth-order valence-electron chi connectivity index (χ4n) is 2.84. The van der Waals surface area contributed by atoms with Crippen LogP contribution < -0.4 is 5.56 Å². The number of aromatic nitrogens is 4. The second-order valence-corrected chi connectivity index (χ2v) is 7.01. The number of aryl methyl sites for hydroxylation is 3. The van der Waals surface area contributed by atoms with Gasteiger partial charge in [0, 0.05) is 23.7 Å². The standard InChI is InChI=1S/C17H16N4OS/c1-9-5-4-6-21-8-12(18-15(9)21)7-13-19-16(22)14-10(2)11(3)23-17(14)20-13/h4-6,8H,7H2,1-3H3,(H,19,20,22). The fourth-order valence-corrected chi connectivity index (χ4v) is 3.89. The predicted molar refractivity (Wildman–Crippen MR) is 92.4 cm³/mol. The summed E-state index contributed by atoms with van der Waals surface area (Å²) in [4.78, 5) is 26.4. The molecule has 6 heteroatoms. The minimum atomic E-state index is -0.0632. The summed E-state index contributed by atoms with van der Waals surface area (Å²) in [6, 6.07) is 4.03. The molecule has 0 fully saturated rings. The Hall–Kier alpha value is -2.47. The normalized spacial score (nSPS) is 11.6. The van der Waals surface area contributed by atoms with Crippen LogP contribution in [0.25, 0.3) is 15.9 Å². The van der Waals surface area contributed by atoms with Crippen LogP contribution in [0.2, 0.25) is 0 Å². The molecule has 0 atom stereocenters. The molecule has 4 aromatic heterocycles. The van der Waals surface area contributed by atoms with Crippen molar-refractivity contribution in [2.75, 3.05) is 0 Å². The van der Waals surface area contributed by atoms with Gasteiger partial charge in [-0.2, -0.15) is 0 Å². The maximum absolute atomic E-state index is 12.3. The van der Waals surface area contributed by atoms with Crippen molar-refractivity contribution < 1.29 is 0 Å². The molecule has 0 aliphatic heterocycles. The number of pyridine rings is 1. The van der Waals surface area contributed by atoms with E-state index in [0.717, 1.165) is 32.2 Å². The highest BCUT2D eigenvalue weighted by atomic mass is 32.1. The molecule has 0 saturated carbocycles. The molecule has 4 heterocycles. The first kappa shape index (κ1) is 14.1. The van der Waals surface area contributed by atoms with Gasteiger partial charge in [-0.1, -0.05) is 6.07 Å². The van der Waals surface area contributed by atoms with Crippen molar-refractivity contribution in [3.05, 3.63) is 62.4 Å². The summed E-state index contributed by atoms with van der Waals surface area (Å²) in [5.74, 6) is 0.657. The van der Waals surface area contributed by atoms with Crippen molar-refractivity contribution in [2.45, 2.75) is 27.2 Å². The highest BCUT2D eigenvalue weighted by Crippen LogP contribution is 2.25. The molecule has 0 aromatic carbocycles. The van der Waals surface area contributed by atoms with E-state index in [-0.39, 0.29) is 5.56 Å². The van der Waals surface area contributed by atoms with E-state index >= 15 is 0 Å². The summed E-state index contributed by atoms with van der Waals surface area (Å²) in [6.07, 6.45) is 4.48. The lowest BCUT2D eigenvalue weighted by Crippen LogP contribution is -2.11. The number of imidazole rings is 1. The average molecular weight is 324 g/mol. The molecular formula is C17H16N4OS. The van der Waals surface area contributed by atoms with Gasteiger partial charge in [0.1, 0.15) is 16.3 Å². The van der Waals surface area contributed by atoms with E-state index in [1.807, 2.05) is 49.7 Å². The maximum Gasteiger partial charge on any atom is 0.259 e. The molecule has 5 nitrogen and oxygen atoms in total. The van der Waals surface area contributed by atoms with Crippen LogP contribution in [0.4, 0.5) is 0 Å². The molecule has 0 radical (unpaired) electrons. The first-order valence-electron chi connectivity index (χ1n) is 7.45. The third-order valence-corrected chi connectivity index (χ3v) is 5.27. The summed E-state index contributed by atoms with van der Waals surface area (Å²) in [7, 11) is 0. The minimum absolute atomic E-state index is 0.0632. The van der Waals surface area contributed by atoms with Gasteiger partial charge in [-0.05, 0) is 38.0 Å². The number of thiophene rings is 1. The van der Waals surface area contributed by atoms with Gasteiger partial charge in [-0.25, -0.2) is 9.97 Å². The quantitative estimate of drug-likeness (QED) is 0.616. The van der Waals surface area contributed by atoms with E-state index in [0.29, 0.717) is 17.6 Å². The summed E-state index contributed by atoms with van der Waals surface area (Å²) < 4.78 is 2.00. The topological polar surface area (TPSA) is 63.1 Å².